The summed E-state index contributed by atoms with van der Waals surface area (Å²) in [5.41, 5.74) is -0.247. The third kappa shape index (κ3) is 3.63. The number of hydrogen-bond acceptors (Lipinski definition) is 5. The molecule has 18 heavy (non-hydrogen) atoms. The Morgan fingerprint density at radius 2 is 1.89 bits per heavy atom. The molecule has 0 aromatic carbocycles. The Bertz CT molecular complexity index is 334. The average Bonchev–Trinajstić information content (AvgIpc) is 2.61. The third-order valence-corrected chi connectivity index (χ3v) is 3.00. The standard InChI is InChI=1S/C12H21N3O3/c1-12(2,6-7-16)14-8-9(13-3)15-10(17)4-5-11(15)18/h4-5,9,13-14,16H,6-8H2,1-3H3. The predicted molar refractivity (Wildman–Crippen MR) is 67.6 cm³/mol. The maximum absolute atomic E-state index is 11.5. The molecule has 1 atom stereocenters. The largest absolute Gasteiger partial charge is 0.396 e. The van der Waals surface area contributed by atoms with Crippen LogP contribution in [0.1, 0.15) is 20.3 Å². The summed E-state index contributed by atoms with van der Waals surface area (Å²) in [6.07, 6.45) is 2.75. The number of carbonyl (C=O) groups is 2. The van der Waals surface area contributed by atoms with Crippen LogP contribution in [0.3, 0.4) is 0 Å². The number of aliphatic hydroxyl groups is 1. The van der Waals surface area contributed by atoms with E-state index in [-0.39, 0.29) is 24.0 Å². The number of nitrogens with one attached hydrogen (secondary N) is 2. The lowest BCUT2D eigenvalue weighted by Crippen LogP contribution is -2.56. The Labute approximate surface area is 107 Å². The van der Waals surface area contributed by atoms with E-state index in [1.165, 1.54) is 17.1 Å². The minimum atomic E-state index is -0.391. The molecule has 1 aliphatic rings. The van der Waals surface area contributed by atoms with E-state index in [2.05, 4.69) is 10.6 Å². The second kappa shape index (κ2) is 6.08. The fourth-order valence-corrected chi connectivity index (χ4v) is 1.78. The Balaban J connectivity index is 2.58. The molecule has 6 nitrogen and oxygen atoms in total. The Hall–Kier alpha value is -1.24. The number of rotatable bonds is 7. The SMILES string of the molecule is CNC(CNC(C)(C)CCO)N1C(=O)C=CC1=O. The number of hydrogen-bond donors (Lipinski definition) is 3. The van der Waals surface area contributed by atoms with Gasteiger partial charge in [0.1, 0.15) is 6.17 Å². The molecule has 0 aliphatic carbocycles. The van der Waals surface area contributed by atoms with Gasteiger partial charge < -0.3 is 10.4 Å². The molecule has 1 unspecified atom stereocenters. The topological polar surface area (TPSA) is 81.7 Å². The van der Waals surface area contributed by atoms with Gasteiger partial charge in [-0.15, -0.1) is 0 Å². The normalized spacial score (nSPS) is 17.7. The molecule has 0 spiro atoms. The summed E-state index contributed by atoms with van der Waals surface area (Å²) >= 11 is 0. The Morgan fingerprint density at radius 3 is 2.33 bits per heavy atom. The molecule has 1 heterocycles. The van der Waals surface area contributed by atoms with Crippen molar-refractivity contribution in [3.63, 3.8) is 0 Å². The zero-order valence-corrected chi connectivity index (χ0v) is 11.1. The quantitative estimate of drug-likeness (QED) is 0.519. The molecule has 102 valence electrons. The van der Waals surface area contributed by atoms with Gasteiger partial charge >= 0.3 is 0 Å². The maximum atomic E-state index is 11.5. The number of imide groups is 1. The number of likely N-dealkylation sites (N-methyl/N-ethyl adjacent to an activating group) is 1. The number of carbonyl (C=O) groups excluding carboxylic acids is 2. The fraction of sp³-hybridized carbons (Fsp3) is 0.667. The van der Waals surface area contributed by atoms with Gasteiger partial charge in [-0.05, 0) is 27.3 Å². The van der Waals surface area contributed by atoms with Crippen LogP contribution in [0.25, 0.3) is 0 Å². The molecule has 0 radical (unpaired) electrons. The highest BCUT2D eigenvalue weighted by atomic mass is 16.3. The van der Waals surface area contributed by atoms with Crippen LogP contribution in [0.15, 0.2) is 12.2 Å². The van der Waals surface area contributed by atoms with Gasteiger partial charge in [-0.2, -0.15) is 0 Å². The van der Waals surface area contributed by atoms with E-state index in [1.807, 2.05) is 13.8 Å². The molecule has 2 amide bonds. The molecule has 0 fully saturated rings. The first-order chi connectivity index (χ1) is 8.41. The number of amides is 2. The Kier molecular flexibility index (Phi) is 5.01. The van der Waals surface area contributed by atoms with Crippen molar-refractivity contribution in [2.24, 2.45) is 0 Å². The molecule has 0 aromatic rings. The average molecular weight is 255 g/mol. The lowest BCUT2D eigenvalue weighted by atomic mass is 10.0. The lowest BCUT2D eigenvalue weighted by Gasteiger charge is -2.31. The molecular formula is C12H21N3O3. The minimum absolute atomic E-state index is 0.0906. The van der Waals surface area contributed by atoms with E-state index in [0.717, 1.165) is 0 Å². The zero-order valence-electron chi connectivity index (χ0n) is 11.1. The zero-order chi connectivity index (χ0) is 13.8. The van der Waals surface area contributed by atoms with Gasteiger partial charge in [-0.1, -0.05) is 0 Å². The second-order valence-electron chi connectivity index (χ2n) is 4.92. The van der Waals surface area contributed by atoms with Crippen LogP contribution < -0.4 is 10.6 Å². The van der Waals surface area contributed by atoms with Crippen molar-refractivity contribution in [2.75, 3.05) is 20.2 Å². The van der Waals surface area contributed by atoms with E-state index in [9.17, 15) is 9.59 Å². The monoisotopic (exact) mass is 255 g/mol. The van der Waals surface area contributed by atoms with Crippen LogP contribution in [0.5, 0.6) is 0 Å². The van der Waals surface area contributed by atoms with Gasteiger partial charge in [0.25, 0.3) is 11.8 Å². The molecule has 0 saturated heterocycles. The second-order valence-corrected chi connectivity index (χ2v) is 4.92. The molecule has 1 rings (SSSR count). The summed E-state index contributed by atoms with van der Waals surface area (Å²) in [6.45, 7) is 4.44. The van der Waals surface area contributed by atoms with Crippen LogP contribution in [0, 0.1) is 0 Å². The summed E-state index contributed by atoms with van der Waals surface area (Å²) in [6, 6.07) is 0. The van der Waals surface area contributed by atoms with Crippen LogP contribution in [0.4, 0.5) is 0 Å². The van der Waals surface area contributed by atoms with Crippen molar-refractivity contribution >= 4 is 11.8 Å². The van der Waals surface area contributed by atoms with E-state index in [0.29, 0.717) is 13.0 Å². The van der Waals surface area contributed by atoms with Crippen LogP contribution in [-0.2, 0) is 9.59 Å². The van der Waals surface area contributed by atoms with Gasteiger partial charge in [-0.3, -0.25) is 19.8 Å². The maximum Gasteiger partial charge on any atom is 0.254 e. The van der Waals surface area contributed by atoms with E-state index in [4.69, 9.17) is 5.11 Å². The highest BCUT2D eigenvalue weighted by Crippen LogP contribution is 2.10. The van der Waals surface area contributed by atoms with Crippen molar-refractivity contribution < 1.29 is 14.7 Å². The van der Waals surface area contributed by atoms with Crippen LogP contribution in [-0.4, -0.2) is 53.7 Å². The first kappa shape index (κ1) is 14.8. The minimum Gasteiger partial charge on any atom is -0.396 e. The molecule has 0 bridgehead atoms. The molecule has 1 aliphatic heterocycles. The van der Waals surface area contributed by atoms with Crippen molar-refractivity contribution in [1.29, 1.82) is 0 Å². The molecule has 0 saturated carbocycles. The van der Waals surface area contributed by atoms with E-state index < -0.39 is 6.17 Å². The van der Waals surface area contributed by atoms with Gasteiger partial charge in [0.05, 0.1) is 0 Å². The predicted octanol–water partition coefficient (Wildman–Crippen LogP) is -0.792. The fourth-order valence-electron chi connectivity index (χ4n) is 1.78. The summed E-state index contributed by atoms with van der Waals surface area (Å²) in [4.78, 5) is 24.3. The molecule has 0 aromatic heterocycles. The van der Waals surface area contributed by atoms with E-state index in [1.54, 1.807) is 7.05 Å². The molecular weight excluding hydrogens is 234 g/mol. The number of nitrogens with zero attached hydrogens (tertiary/aromatic N) is 1. The Morgan fingerprint density at radius 1 is 1.33 bits per heavy atom. The summed E-state index contributed by atoms with van der Waals surface area (Å²) in [5.74, 6) is -0.609. The number of aliphatic hydroxyl groups excluding tert-OH is 1. The van der Waals surface area contributed by atoms with Crippen molar-refractivity contribution in [2.45, 2.75) is 32.0 Å². The summed E-state index contributed by atoms with van der Waals surface area (Å²) < 4.78 is 0. The third-order valence-electron chi connectivity index (χ3n) is 3.00. The van der Waals surface area contributed by atoms with Crippen LogP contribution >= 0.6 is 0 Å². The lowest BCUT2D eigenvalue weighted by molar-refractivity contribution is -0.140. The van der Waals surface area contributed by atoms with E-state index >= 15 is 0 Å². The summed E-state index contributed by atoms with van der Waals surface area (Å²) in [5, 5.41) is 15.1. The molecule has 3 N–H and O–H groups in total. The highest BCUT2D eigenvalue weighted by Gasteiger charge is 2.31. The first-order valence-electron chi connectivity index (χ1n) is 5.99. The van der Waals surface area contributed by atoms with Gasteiger partial charge in [0.15, 0.2) is 0 Å². The van der Waals surface area contributed by atoms with Crippen molar-refractivity contribution in [3.05, 3.63) is 12.2 Å². The first-order valence-corrected chi connectivity index (χ1v) is 5.99. The summed E-state index contributed by atoms with van der Waals surface area (Å²) in [7, 11) is 1.70. The highest BCUT2D eigenvalue weighted by molar-refractivity contribution is 6.13. The van der Waals surface area contributed by atoms with Crippen LogP contribution in [0.2, 0.25) is 0 Å². The smallest absolute Gasteiger partial charge is 0.254 e. The van der Waals surface area contributed by atoms with Crippen molar-refractivity contribution in [1.82, 2.24) is 15.5 Å². The van der Waals surface area contributed by atoms with Gasteiger partial charge in [-0.25, -0.2) is 0 Å². The van der Waals surface area contributed by atoms with Crippen molar-refractivity contribution in [3.8, 4) is 0 Å². The molecule has 6 heteroatoms. The van der Waals surface area contributed by atoms with Gasteiger partial charge in [0, 0.05) is 30.8 Å². The van der Waals surface area contributed by atoms with Gasteiger partial charge in [0.2, 0.25) is 0 Å².